The second kappa shape index (κ2) is 6.32. The summed E-state index contributed by atoms with van der Waals surface area (Å²) < 4.78 is 5.16. The number of hydrogen-bond donors (Lipinski definition) is 1. The summed E-state index contributed by atoms with van der Waals surface area (Å²) >= 11 is 0. The summed E-state index contributed by atoms with van der Waals surface area (Å²) in [6.45, 7) is 7.01. The molecule has 106 valence electrons. The molecule has 0 fully saturated rings. The Hall–Kier alpha value is -2.17. The van der Waals surface area contributed by atoms with Crippen molar-refractivity contribution in [2.45, 2.75) is 27.2 Å². The highest BCUT2D eigenvalue weighted by Gasteiger charge is 2.11. The van der Waals surface area contributed by atoms with Gasteiger partial charge in [0.1, 0.15) is 0 Å². The molecule has 20 heavy (non-hydrogen) atoms. The molecule has 5 nitrogen and oxygen atoms in total. The zero-order valence-corrected chi connectivity index (χ0v) is 12.4. The Labute approximate surface area is 119 Å². The zero-order valence-electron chi connectivity index (χ0n) is 12.4. The van der Waals surface area contributed by atoms with Gasteiger partial charge in [-0.05, 0) is 31.9 Å². The molecular weight excluding hydrogens is 252 g/mol. The normalized spacial score (nSPS) is 10.4. The highest BCUT2D eigenvalue weighted by Crippen LogP contribution is 2.23. The molecule has 0 aliphatic heterocycles. The fourth-order valence-corrected chi connectivity index (χ4v) is 1.86. The quantitative estimate of drug-likeness (QED) is 0.906. The number of methoxy groups -OCH3 is 1. The summed E-state index contributed by atoms with van der Waals surface area (Å²) in [6, 6.07) is 6.55. The Morgan fingerprint density at radius 2 is 1.95 bits per heavy atom. The minimum atomic E-state index is 0.328. The second-order valence-corrected chi connectivity index (χ2v) is 4.71. The number of rotatable bonds is 5. The number of anilines is 1. The molecule has 2 aromatic rings. The Balaban J connectivity index is 2.46. The van der Waals surface area contributed by atoms with Crippen LogP contribution in [0, 0.1) is 13.8 Å². The van der Waals surface area contributed by atoms with Gasteiger partial charge in [-0.3, -0.25) is 0 Å². The van der Waals surface area contributed by atoms with Crippen molar-refractivity contribution in [3.63, 3.8) is 0 Å². The lowest BCUT2D eigenvalue weighted by molar-refractivity contribution is 0.379. The minimum absolute atomic E-state index is 0.328. The second-order valence-electron chi connectivity index (χ2n) is 4.71. The van der Waals surface area contributed by atoms with Crippen molar-refractivity contribution in [1.82, 2.24) is 15.0 Å². The summed E-state index contributed by atoms with van der Waals surface area (Å²) in [6.07, 6.45) is 1.01. The average molecular weight is 272 g/mol. The van der Waals surface area contributed by atoms with E-state index < -0.39 is 0 Å². The molecule has 2 rings (SSSR count). The molecule has 0 unspecified atom stereocenters. The maximum atomic E-state index is 5.16. The summed E-state index contributed by atoms with van der Waals surface area (Å²) in [5, 5.41) is 3.17. The lowest BCUT2D eigenvalue weighted by atomic mass is 10.1. The maximum absolute atomic E-state index is 5.16. The smallest absolute Gasteiger partial charge is 0.321 e. The van der Waals surface area contributed by atoms with E-state index in [0.29, 0.717) is 17.8 Å². The molecule has 1 N–H and O–H groups in total. The van der Waals surface area contributed by atoms with Crippen LogP contribution >= 0.6 is 0 Å². The third kappa shape index (κ3) is 3.23. The Bertz CT molecular complexity index is 598. The average Bonchev–Trinajstić information content (AvgIpc) is 2.47. The molecule has 1 heterocycles. The number of nitrogens with zero attached hydrogens (tertiary/aromatic N) is 3. The largest absolute Gasteiger partial charge is 0.467 e. The first-order valence-electron chi connectivity index (χ1n) is 6.75. The molecule has 0 bridgehead atoms. The van der Waals surface area contributed by atoms with Crippen molar-refractivity contribution < 1.29 is 4.74 Å². The van der Waals surface area contributed by atoms with E-state index in [1.54, 1.807) is 7.11 Å². The SMILES string of the molecule is CCCNc1nc(OC)nc(-c2cc(C)ccc2C)n1. The zero-order chi connectivity index (χ0) is 14.5. The van der Waals surface area contributed by atoms with Crippen molar-refractivity contribution in [2.24, 2.45) is 0 Å². The van der Waals surface area contributed by atoms with Gasteiger partial charge in [0, 0.05) is 12.1 Å². The van der Waals surface area contributed by atoms with E-state index in [1.165, 1.54) is 5.56 Å². The molecule has 1 aromatic heterocycles. The number of ether oxygens (including phenoxy) is 1. The molecule has 0 amide bonds. The van der Waals surface area contributed by atoms with Crippen molar-refractivity contribution in [1.29, 1.82) is 0 Å². The van der Waals surface area contributed by atoms with E-state index in [0.717, 1.165) is 24.1 Å². The van der Waals surface area contributed by atoms with Crippen LogP contribution in [0.1, 0.15) is 24.5 Å². The highest BCUT2D eigenvalue weighted by molar-refractivity contribution is 5.62. The van der Waals surface area contributed by atoms with Gasteiger partial charge < -0.3 is 10.1 Å². The van der Waals surface area contributed by atoms with Crippen LogP contribution in [-0.2, 0) is 0 Å². The fourth-order valence-electron chi connectivity index (χ4n) is 1.86. The van der Waals surface area contributed by atoms with Crippen LogP contribution in [-0.4, -0.2) is 28.6 Å². The fraction of sp³-hybridized carbons (Fsp3) is 0.400. The lowest BCUT2D eigenvalue weighted by Crippen LogP contribution is -2.08. The van der Waals surface area contributed by atoms with Gasteiger partial charge >= 0.3 is 6.01 Å². The summed E-state index contributed by atoms with van der Waals surface area (Å²) in [5.74, 6) is 1.19. The van der Waals surface area contributed by atoms with Crippen molar-refractivity contribution in [3.05, 3.63) is 29.3 Å². The minimum Gasteiger partial charge on any atom is -0.467 e. The molecule has 1 aromatic carbocycles. The lowest BCUT2D eigenvalue weighted by Gasteiger charge is -2.09. The standard InChI is InChI=1S/C15H20N4O/c1-5-8-16-14-17-13(18-15(19-14)20-4)12-9-10(2)6-7-11(12)3/h6-7,9H,5,8H2,1-4H3,(H,16,17,18,19). The van der Waals surface area contributed by atoms with E-state index in [1.807, 2.05) is 6.92 Å². The predicted molar refractivity (Wildman–Crippen MR) is 80.1 cm³/mol. The van der Waals surface area contributed by atoms with E-state index in [2.05, 4.69) is 52.3 Å². The van der Waals surface area contributed by atoms with Gasteiger partial charge in [0.15, 0.2) is 5.82 Å². The van der Waals surface area contributed by atoms with Crippen LogP contribution in [0.4, 0.5) is 5.95 Å². The van der Waals surface area contributed by atoms with E-state index in [9.17, 15) is 0 Å². The van der Waals surface area contributed by atoms with Gasteiger partial charge in [0.25, 0.3) is 0 Å². The van der Waals surface area contributed by atoms with Gasteiger partial charge in [-0.1, -0.05) is 24.6 Å². The Kier molecular flexibility index (Phi) is 4.50. The van der Waals surface area contributed by atoms with Crippen LogP contribution in [0.25, 0.3) is 11.4 Å². The van der Waals surface area contributed by atoms with Gasteiger partial charge in [0.2, 0.25) is 5.95 Å². The van der Waals surface area contributed by atoms with Gasteiger partial charge in [0.05, 0.1) is 7.11 Å². The molecule has 0 atom stereocenters. The van der Waals surface area contributed by atoms with Gasteiger partial charge in [-0.25, -0.2) is 0 Å². The van der Waals surface area contributed by atoms with Crippen LogP contribution in [0.15, 0.2) is 18.2 Å². The topological polar surface area (TPSA) is 59.9 Å². The maximum Gasteiger partial charge on any atom is 0.321 e. The van der Waals surface area contributed by atoms with Crippen LogP contribution < -0.4 is 10.1 Å². The van der Waals surface area contributed by atoms with Crippen LogP contribution in [0.5, 0.6) is 6.01 Å². The molecule has 0 aliphatic rings. The molecule has 0 aliphatic carbocycles. The number of nitrogens with one attached hydrogen (secondary N) is 1. The summed E-state index contributed by atoms with van der Waals surface area (Å²) in [5.41, 5.74) is 3.31. The van der Waals surface area contributed by atoms with Crippen LogP contribution in [0.2, 0.25) is 0 Å². The third-order valence-corrected chi connectivity index (χ3v) is 2.96. The molecule has 5 heteroatoms. The molecule has 0 saturated heterocycles. The van der Waals surface area contributed by atoms with Crippen molar-refractivity contribution >= 4 is 5.95 Å². The number of aromatic nitrogens is 3. The van der Waals surface area contributed by atoms with Crippen LogP contribution in [0.3, 0.4) is 0 Å². The molecular formula is C15H20N4O. The van der Waals surface area contributed by atoms with Gasteiger partial charge in [-0.15, -0.1) is 0 Å². The Morgan fingerprint density at radius 1 is 1.15 bits per heavy atom. The number of aryl methyl sites for hydroxylation is 2. The predicted octanol–water partition coefficient (Wildman–Crippen LogP) is 2.99. The monoisotopic (exact) mass is 272 g/mol. The third-order valence-electron chi connectivity index (χ3n) is 2.96. The first-order valence-corrected chi connectivity index (χ1v) is 6.75. The van der Waals surface area contributed by atoms with E-state index in [4.69, 9.17) is 4.74 Å². The highest BCUT2D eigenvalue weighted by atomic mass is 16.5. The summed E-state index contributed by atoms with van der Waals surface area (Å²) in [7, 11) is 1.56. The summed E-state index contributed by atoms with van der Waals surface area (Å²) in [4.78, 5) is 13.0. The molecule has 0 spiro atoms. The van der Waals surface area contributed by atoms with E-state index in [-0.39, 0.29) is 0 Å². The van der Waals surface area contributed by atoms with Crippen molar-refractivity contribution in [3.8, 4) is 17.4 Å². The number of benzene rings is 1. The van der Waals surface area contributed by atoms with Crippen molar-refractivity contribution in [2.75, 3.05) is 19.0 Å². The van der Waals surface area contributed by atoms with E-state index >= 15 is 0 Å². The Morgan fingerprint density at radius 3 is 2.65 bits per heavy atom. The van der Waals surface area contributed by atoms with Gasteiger partial charge in [-0.2, -0.15) is 15.0 Å². The molecule has 0 saturated carbocycles. The first-order chi connectivity index (χ1) is 9.63. The molecule has 0 radical (unpaired) electrons. The first kappa shape index (κ1) is 14.2. The number of hydrogen-bond acceptors (Lipinski definition) is 5.